The fourth-order valence-corrected chi connectivity index (χ4v) is 11.9. The molecule has 0 bridgehead atoms. The van der Waals surface area contributed by atoms with Crippen LogP contribution in [0.15, 0.2) is 109 Å². The number of likely N-dealkylation sites (N-methyl/N-ethyl adjacent to an activating group) is 1. The highest BCUT2D eigenvalue weighted by Crippen LogP contribution is 2.38. The lowest BCUT2D eigenvalue weighted by Crippen LogP contribution is -2.37. The van der Waals surface area contributed by atoms with E-state index in [1.54, 1.807) is 0 Å². The molecule has 0 aromatic carbocycles. The first-order valence-electron chi connectivity index (χ1n) is 39.1. The summed E-state index contributed by atoms with van der Waals surface area (Å²) in [6, 6.07) is 0. The predicted molar refractivity (Wildman–Crippen MR) is 402 cm³/mol. The van der Waals surface area contributed by atoms with Crippen molar-refractivity contribution in [3.63, 3.8) is 0 Å². The summed E-state index contributed by atoms with van der Waals surface area (Å²) in [5.41, 5.74) is 0. The number of hydrogen-bond donors (Lipinski definition) is 0. The minimum atomic E-state index is -4.65. The fourth-order valence-electron chi connectivity index (χ4n) is 11.1. The Morgan fingerprint density at radius 1 is 0.344 bits per heavy atom. The van der Waals surface area contributed by atoms with E-state index in [0.29, 0.717) is 17.4 Å². The second kappa shape index (κ2) is 72.9. The molecule has 0 amide bonds. The van der Waals surface area contributed by atoms with Crippen LogP contribution < -0.4 is 4.89 Å². The van der Waals surface area contributed by atoms with Crippen molar-refractivity contribution in [3.8, 4) is 0 Å². The van der Waals surface area contributed by atoms with Gasteiger partial charge in [0.1, 0.15) is 19.8 Å². The van der Waals surface area contributed by atoms with Gasteiger partial charge < -0.3 is 27.9 Å². The maximum atomic E-state index is 12.9. The predicted octanol–water partition coefficient (Wildman–Crippen LogP) is 25.4. The zero-order valence-electron chi connectivity index (χ0n) is 61.4. The number of quaternary nitrogens is 1. The van der Waals surface area contributed by atoms with Crippen molar-refractivity contribution < 1.29 is 42.1 Å². The van der Waals surface area contributed by atoms with Gasteiger partial charge in [0.25, 0.3) is 7.82 Å². The van der Waals surface area contributed by atoms with Gasteiger partial charge in [-0.1, -0.05) is 367 Å². The Morgan fingerprint density at radius 2 is 0.613 bits per heavy atom. The van der Waals surface area contributed by atoms with Gasteiger partial charge in [-0.3, -0.25) is 14.2 Å². The van der Waals surface area contributed by atoms with Gasteiger partial charge in [-0.25, -0.2) is 0 Å². The molecule has 0 N–H and O–H groups in total. The van der Waals surface area contributed by atoms with Crippen molar-refractivity contribution in [1.82, 2.24) is 0 Å². The van der Waals surface area contributed by atoms with E-state index in [9.17, 15) is 19.0 Å². The summed E-state index contributed by atoms with van der Waals surface area (Å²) in [5.74, 6) is -0.837. The van der Waals surface area contributed by atoms with Gasteiger partial charge in [0.15, 0.2) is 6.10 Å². The summed E-state index contributed by atoms with van der Waals surface area (Å²) < 4.78 is 34.4. The molecule has 0 saturated carbocycles. The molecule has 0 heterocycles. The lowest BCUT2D eigenvalue weighted by Gasteiger charge is -2.28. The summed E-state index contributed by atoms with van der Waals surface area (Å²) >= 11 is 0. The second-order valence-electron chi connectivity index (χ2n) is 27.4. The van der Waals surface area contributed by atoms with Crippen LogP contribution in [0.4, 0.5) is 0 Å². The highest BCUT2D eigenvalue weighted by molar-refractivity contribution is 7.45. The first-order valence-corrected chi connectivity index (χ1v) is 40.6. The monoisotopic (exact) mass is 1320 g/mol. The molecule has 538 valence electrons. The van der Waals surface area contributed by atoms with Crippen molar-refractivity contribution in [2.24, 2.45) is 0 Å². The third-order valence-electron chi connectivity index (χ3n) is 17.1. The van der Waals surface area contributed by atoms with E-state index < -0.39 is 26.5 Å². The fraction of sp³-hybridized carbons (Fsp3) is 0.759. The first kappa shape index (κ1) is 89.7. The Bertz CT molecular complexity index is 1940. The Hall–Kier alpha value is -3.33. The molecule has 0 aliphatic heterocycles. The number of carbonyl (C=O) groups is 2. The summed E-state index contributed by atoms with van der Waals surface area (Å²) in [7, 11) is 1.16. The zero-order chi connectivity index (χ0) is 67.6. The molecule has 9 nitrogen and oxygen atoms in total. The van der Waals surface area contributed by atoms with Crippen LogP contribution in [0.2, 0.25) is 0 Å². The van der Waals surface area contributed by atoms with E-state index >= 15 is 0 Å². The number of unbranched alkanes of at least 4 members (excludes halogenated alkanes) is 40. The number of nitrogens with zero attached hydrogens (tertiary/aromatic N) is 1. The molecule has 0 rings (SSSR count). The molecule has 0 aromatic rings. The van der Waals surface area contributed by atoms with Crippen LogP contribution in [0, 0.1) is 0 Å². The molecule has 0 fully saturated rings. The molecule has 0 saturated heterocycles. The number of phosphoric ester groups is 1. The van der Waals surface area contributed by atoms with Crippen LogP contribution in [-0.4, -0.2) is 70.0 Å². The molecule has 2 atom stereocenters. The minimum Gasteiger partial charge on any atom is -0.756 e. The standard InChI is InChI=1S/C83H148NO8P/c1-6-8-10-12-14-16-18-20-22-24-26-28-30-32-34-36-38-40-42-44-46-48-50-52-54-56-58-60-62-64-66-68-70-72-74-76-83(86)92-81(80-91-93(87,88)90-78-77-84(3,4)5)79-89-82(85)75-73-71-69-67-65-63-61-59-57-55-53-51-49-47-45-43-41-39-37-35-33-31-29-27-25-23-21-19-17-15-13-11-9-7-2/h8,10,14,16,20,22,26,28,32,34,38,40,44,46,50,52,56,58,81H,6-7,9,11-13,15,17-19,21,23-25,27,29-31,33,35-37,39,41-43,45,47-49,51,53-55,57,59-80H2,1-5H3/b10-8-,16-14-,22-20-,28-26-,34-32-,40-38-,46-44-,52-50-,58-56-. The number of esters is 2. The van der Waals surface area contributed by atoms with E-state index in [1.807, 2.05) is 21.1 Å². The molecular weight excluding hydrogens is 1170 g/mol. The lowest BCUT2D eigenvalue weighted by atomic mass is 10.0. The van der Waals surface area contributed by atoms with Crippen LogP contribution in [0.5, 0.6) is 0 Å². The van der Waals surface area contributed by atoms with Gasteiger partial charge in [0.2, 0.25) is 0 Å². The largest absolute Gasteiger partial charge is 0.756 e. The Labute approximate surface area is 576 Å². The van der Waals surface area contributed by atoms with Crippen molar-refractivity contribution in [1.29, 1.82) is 0 Å². The second-order valence-corrected chi connectivity index (χ2v) is 28.8. The molecule has 10 heteroatoms. The zero-order valence-corrected chi connectivity index (χ0v) is 62.3. The topological polar surface area (TPSA) is 111 Å². The third-order valence-corrected chi connectivity index (χ3v) is 18.0. The average Bonchev–Trinajstić information content (AvgIpc) is 2.44. The van der Waals surface area contributed by atoms with Gasteiger partial charge >= 0.3 is 11.9 Å². The Balaban J connectivity index is 4.03. The average molecular weight is 1320 g/mol. The summed E-state index contributed by atoms with van der Waals surface area (Å²) in [6.07, 6.45) is 103. The van der Waals surface area contributed by atoms with E-state index in [1.165, 1.54) is 218 Å². The van der Waals surface area contributed by atoms with E-state index in [0.717, 1.165) is 103 Å². The molecule has 0 radical (unpaired) electrons. The number of carbonyl (C=O) groups excluding carboxylic acids is 2. The molecule has 0 aliphatic carbocycles. The number of ether oxygens (including phenoxy) is 2. The normalized spacial score (nSPS) is 13.7. The van der Waals surface area contributed by atoms with E-state index in [4.69, 9.17) is 18.5 Å². The molecule has 0 aromatic heterocycles. The number of allylic oxidation sites excluding steroid dienone is 18. The van der Waals surface area contributed by atoms with E-state index in [-0.39, 0.29) is 32.0 Å². The summed E-state index contributed by atoms with van der Waals surface area (Å²) in [6.45, 7) is 4.15. The van der Waals surface area contributed by atoms with Crippen LogP contribution in [0.3, 0.4) is 0 Å². The number of rotatable bonds is 72. The SMILES string of the molecule is CC/C=C\C/C=C\C/C=C\C/C=C\C/C=C\C/C=C\C/C=C\C/C=C\C/C=C\CCCCCCCCCC(=O)OC(COC(=O)CCCCCCCCCCCCCCCCCCCCCCCCCCCCCCCCCCCC)COP(=O)([O-])OCC[N+](C)(C)C. The van der Waals surface area contributed by atoms with Crippen molar-refractivity contribution >= 4 is 19.8 Å². The lowest BCUT2D eigenvalue weighted by molar-refractivity contribution is -0.870. The van der Waals surface area contributed by atoms with Gasteiger partial charge in [-0.2, -0.15) is 0 Å². The highest BCUT2D eigenvalue weighted by atomic mass is 31.2. The minimum absolute atomic E-state index is 0.0366. The maximum Gasteiger partial charge on any atom is 0.306 e. The summed E-state index contributed by atoms with van der Waals surface area (Å²) in [5, 5.41) is 0. The molecular formula is C83H148NO8P. The van der Waals surface area contributed by atoms with Gasteiger partial charge in [-0.05, 0) is 83.5 Å². The molecule has 93 heavy (non-hydrogen) atoms. The number of phosphoric acid groups is 1. The Morgan fingerprint density at radius 3 is 0.914 bits per heavy atom. The number of hydrogen-bond acceptors (Lipinski definition) is 8. The van der Waals surface area contributed by atoms with Gasteiger partial charge in [-0.15, -0.1) is 0 Å². The first-order chi connectivity index (χ1) is 45.5. The smallest absolute Gasteiger partial charge is 0.306 e. The van der Waals surface area contributed by atoms with Gasteiger partial charge in [0, 0.05) is 12.8 Å². The van der Waals surface area contributed by atoms with Crippen molar-refractivity contribution in [2.45, 2.75) is 360 Å². The van der Waals surface area contributed by atoms with Crippen LogP contribution in [-0.2, 0) is 32.7 Å². The van der Waals surface area contributed by atoms with Gasteiger partial charge in [0.05, 0.1) is 27.7 Å². The van der Waals surface area contributed by atoms with Crippen molar-refractivity contribution in [2.75, 3.05) is 47.5 Å². The summed E-state index contributed by atoms with van der Waals surface area (Å²) in [4.78, 5) is 38.2. The maximum absolute atomic E-state index is 12.9. The molecule has 2 unspecified atom stereocenters. The highest BCUT2D eigenvalue weighted by Gasteiger charge is 2.22. The van der Waals surface area contributed by atoms with Crippen LogP contribution in [0.1, 0.15) is 354 Å². The van der Waals surface area contributed by atoms with E-state index in [2.05, 4.69) is 123 Å². The van der Waals surface area contributed by atoms with Crippen molar-refractivity contribution in [3.05, 3.63) is 109 Å². The molecule has 0 aliphatic rings. The Kier molecular flexibility index (Phi) is 70.3. The third kappa shape index (κ3) is 77.6. The molecule has 0 spiro atoms. The van der Waals surface area contributed by atoms with Crippen LogP contribution in [0.25, 0.3) is 0 Å². The van der Waals surface area contributed by atoms with Crippen LogP contribution >= 0.6 is 7.82 Å². The quantitative estimate of drug-likeness (QED) is 0.0195.